The molecule has 1 aromatic rings. The molecule has 2 fully saturated rings. The first-order valence-electron chi connectivity index (χ1n) is 7.58. The van der Waals surface area contributed by atoms with Crippen molar-refractivity contribution in [3.8, 4) is 5.75 Å². The third kappa shape index (κ3) is 3.01. The molecule has 1 saturated carbocycles. The molecule has 1 heterocycles. The number of nitrogens with one attached hydrogen (secondary N) is 1. The first-order chi connectivity index (χ1) is 9.63. The Hall–Kier alpha value is -1.42. The van der Waals surface area contributed by atoms with Crippen molar-refractivity contribution in [2.24, 2.45) is 5.92 Å². The number of nitrogens with two attached hydrogens (primary N) is 1. The highest BCUT2D eigenvalue weighted by Gasteiger charge is 2.40. The minimum Gasteiger partial charge on any atom is -0.489 e. The first kappa shape index (κ1) is 13.6. The molecule has 1 aliphatic carbocycles. The van der Waals surface area contributed by atoms with Gasteiger partial charge in [0.2, 0.25) is 0 Å². The van der Waals surface area contributed by atoms with Crippen molar-refractivity contribution in [2.45, 2.75) is 51.4 Å². The van der Waals surface area contributed by atoms with Crippen molar-refractivity contribution in [1.29, 1.82) is 0 Å². The fourth-order valence-corrected chi connectivity index (χ4v) is 2.85. The highest BCUT2D eigenvalue weighted by atomic mass is 16.5. The van der Waals surface area contributed by atoms with Gasteiger partial charge < -0.3 is 20.5 Å². The fraction of sp³-hybridized carbons (Fsp3) is 0.625. The van der Waals surface area contributed by atoms with Gasteiger partial charge in [-0.25, -0.2) is 0 Å². The number of hydrogen-bond donors (Lipinski definition) is 2. The largest absolute Gasteiger partial charge is 0.489 e. The fourth-order valence-electron chi connectivity index (χ4n) is 2.85. The Kier molecular flexibility index (Phi) is 3.74. The van der Waals surface area contributed by atoms with Crippen molar-refractivity contribution >= 4 is 11.4 Å². The summed E-state index contributed by atoms with van der Waals surface area (Å²) < 4.78 is 11.6. The Morgan fingerprint density at radius 3 is 2.80 bits per heavy atom. The van der Waals surface area contributed by atoms with Crippen LogP contribution in [0.25, 0.3) is 0 Å². The van der Waals surface area contributed by atoms with Crippen LogP contribution in [0.3, 0.4) is 0 Å². The molecule has 0 aromatic heterocycles. The van der Waals surface area contributed by atoms with Gasteiger partial charge >= 0.3 is 0 Å². The number of ether oxygens (including phenoxy) is 2. The van der Waals surface area contributed by atoms with E-state index in [1.54, 1.807) is 0 Å². The van der Waals surface area contributed by atoms with E-state index in [9.17, 15) is 0 Å². The number of anilines is 2. The van der Waals surface area contributed by atoms with Gasteiger partial charge in [-0.3, -0.25) is 0 Å². The topological polar surface area (TPSA) is 56.5 Å². The number of hydrogen-bond acceptors (Lipinski definition) is 4. The molecule has 2 unspecified atom stereocenters. The van der Waals surface area contributed by atoms with E-state index in [4.69, 9.17) is 15.2 Å². The van der Waals surface area contributed by atoms with Crippen LogP contribution in [0.5, 0.6) is 5.75 Å². The van der Waals surface area contributed by atoms with Gasteiger partial charge in [0.1, 0.15) is 5.75 Å². The zero-order valence-corrected chi connectivity index (χ0v) is 12.3. The van der Waals surface area contributed by atoms with Crippen molar-refractivity contribution < 1.29 is 9.47 Å². The maximum atomic E-state index is 5.95. The third-order valence-electron chi connectivity index (χ3n) is 3.95. The highest BCUT2D eigenvalue weighted by molar-refractivity contribution is 5.61. The van der Waals surface area contributed by atoms with Crippen molar-refractivity contribution in [1.82, 2.24) is 0 Å². The molecule has 110 valence electrons. The molecule has 3 N–H and O–H groups in total. The van der Waals surface area contributed by atoms with Gasteiger partial charge in [-0.05, 0) is 51.2 Å². The standard InChI is InChI=1S/C16H24N2O2/c1-10(2)20-15-9-12(5-6-13(15)17)18-14-7-8-19-16(14)11-3-4-11/h5-6,9-11,14,16,18H,3-4,7-8,17H2,1-2H3. The molecule has 3 rings (SSSR count). The Balaban J connectivity index is 1.70. The van der Waals surface area contributed by atoms with Gasteiger partial charge in [0.05, 0.1) is 23.9 Å². The van der Waals surface area contributed by atoms with E-state index in [0.29, 0.717) is 17.8 Å². The molecule has 2 atom stereocenters. The van der Waals surface area contributed by atoms with Crippen LogP contribution in [0, 0.1) is 5.92 Å². The molecule has 1 aliphatic heterocycles. The van der Waals surface area contributed by atoms with E-state index in [-0.39, 0.29) is 6.10 Å². The number of rotatable bonds is 5. The van der Waals surface area contributed by atoms with Gasteiger partial charge in [0.15, 0.2) is 0 Å². The monoisotopic (exact) mass is 276 g/mol. The Bertz CT molecular complexity index is 472. The van der Waals surface area contributed by atoms with Crippen LogP contribution < -0.4 is 15.8 Å². The number of nitrogen functional groups attached to an aromatic ring is 1. The van der Waals surface area contributed by atoms with Crippen LogP contribution >= 0.6 is 0 Å². The molecular formula is C16H24N2O2. The second-order valence-electron chi connectivity index (χ2n) is 6.13. The van der Waals surface area contributed by atoms with E-state index in [1.807, 2.05) is 32.0 Å². The summed E-state index contributed by atoms with van der Waals surface area (Å²) in [7, 11) is 0. The quantitative estimate of drug-likeness (QED) is 0.812. The Labute approximate surface area is 120 Å². The van der Waals surface area contributed by atoms with Gasteiger partial charge in [-0.15, -0.1) is 0 Å². The lowest BCUT2D eigenvalue weighted by Gasteiger charge is -2.21. The van der Waals surface area contributed by atoms with Crippen LogP contribution in [0.4, 0.5) is 11.4 Å². The maximum absolute atomic E-state index is 5.95. The van der Waals surface area contributed by atoms with Gasteiger partial charge in [-0.1, -0.05) is 0 Å². The summed E-state index contributed by atoms with van der Waals surface area (Å²) in [4.78, 5) is 0. The van der Waals surface area contributed by atoms with Crippen LogP contribution in [-0.4, -0.2) is 24.9 Å². The lowest BCUT2D eigenvalue weighted by atomic mass is 10.1. The minimum atomic E-state index is 0.126. The van der Waals surface area contributed by atoms with E-state index in [1.165, 1.54) is 12.8 Å². The summed E-state index contributed by atoms with van der Waals surface area (Å²) >= 11 is 0. The van der Waals surface area contributed by atoms with Crippen LogP contribution in [0.15, 0.2) is 18.2 Å². The van der Waals surface area contributed by atoms with E-state index in [0.717, 1.165) is 30.4 Å². The zero-order chi connectivity index (χ0) is 14.1. The average molecular weight is 276 g/mol. The Morgan fingerprint density at radius 1 is 1.30 bits per heavy atom. The molecule has 0 bridgehead atoms. The van der Waals surface area contributed by atoms with Crippen molar-refractivity contribution in [3.63, 3.8) is 0 Å². The van der Waals surface area contributed by atoms with E-state index >= 15 is 0 Å². The molecule has 1 saturated heterocycles. The summed E-state index contributed by atoms with van der Waals surface area (Å²) in [5.41, 5.74) is 7.71. The molecule has 1 aromatic carbocycles. The van der Waals surface area contributed by atoms with E-state index < -0.39 is 0 Å². The van der Waals surface area contributed by atoms with Gasteiger partial charge in [0, 0.05) is 18.4 Å². The highest BCUT2D eigenvalue weighted by Crippen LogP contribution is 2.40. The smallest absolute Gasteiger partial charge is 0.144 e. The summed E-state index contributed by atoms with van der Waals surface area (Å²) in [5.74, 6) is 1.52. The molecule has 0 amide bonds. The van der Waals surface area contributed by atoms with E-state index in [2.05, 4.69) is 5.32 Å². The summed E-state index contributed by atoms with van der Waals surface area (Å²) in [6.07, 6.45) is 4.20. The van der Waals surface area contributed by atoms with Crippen LogP contribution in [-0.2, 0) is 4.74 Å². The van der Waals surface area contributed by atoms with Gasteiger partial charge in [-0.2, -0.15) is 0 Å². The molecule has 20 heavy (non-hydrogen) atoms. The second-order valence-corrected chi connectivity index (χ2v) is 6.13. The average Bonchev–Trinajstić information content (AvgIpc) is 3.14. The minimum absolute atomic E-state index is 0.126. The lowest BCUT2D eigenvalue weighted by molar-refractivity contribution is 0.0898. The molecule has 0 spiro atoms. The maximum Gasteiger partial charge on any atom is 0.144 e. The predicted octanol–water partition coefficient (Wildman–Crippen LogP) is 3.04. The molecule has 4 heteroatoms. The zero-order valence-electron chi connectivity index (χ0n) is 12.3. The van der Waals surface area contributed by atoms with Crippen molar-refractivity contribution in [3.05, 3.63) is 18.2 Å². The lowest BCUT2D eigenvalue weighted by Crippen LogP contribution is -2.30. The SMILES string of the molecule is CC(C)Oc1cc(NC2CCOC2C2CC2)ccc1N. The normalized spacial score (nSPS) is 25.9. The Morgan fingerprint density at radius 2 is 2.10 bits per heavy atom. The predicted molar refractivity (Wildman–Crippen MR) is 81.1 cm³/mol. The van der Waals surface area contributed by atoms with Crippen molar-refractivity contribution in [2.75, 3.05) is 17.7 Å². The third-order valence-corrected chi connectivity index (χ3v) is 3.95. The van der Waals surface area contributed by atoms with Crippen LogP contribution in [0.2, 0.25) is 0 Å². The molecule has 4 nitrogen and oxygen atoms in total. The van der Waals surface area contributed by atoms with Gasteiger partial charge in [0.25, 0.3) is 0 Å². The summed E-state index contributed by atoms with van der Waals surface area (Å²) in [5, 5.41) is 3.59. The molecular weight excluding hydrogens is 252 g/mol. The second kappa shape index (κ2) is 5.52. The molecule has 0 radical (unpaired) electrons. The summed E-state index contributed by atoms with van der Waals surface area (Å²) in [6, 6.07) is 6.34. The summed E-state index contributed by atoms with van der Waals surface area (Å²) in [6.45, 7) is 4.88. The molecule has 2 aliphatic rings. The number of benzene rings is 1. The first-order valence-corrected chi connectivity index (χ1v) is 7.58. The van der Waals surface area contributed by atoms with Crippen LogP contribution in [0.1, 0.15) is 33.1 Å².